The second-order valence-electron chi connectivity index (χ2n) is 4.58. The quantitative estimate of drug-likeness (QED) is 0.897. The van der Waals surface area contributed by atoms with E-state index >= 15 is 0 Å². The van der Waals surface area contributed by atoms with E-state index < -0.39 is 17.8 Å². The zero-order valence-electron chi connectivity index (χ0n) is 11.4. The van der Waals surface area contributed by atoms with Gasteiger partial charge in [0.05, 0.1) is 23.0 Å². The number of halogens is 4. The van der Waals surface area contributed by atoms with Gasteiger partial charge in [-0.05, 0) is 32.0 Å². The fourth-order valence-electron chi connectivity index (χ4n) is 2.02. The summed E-state index contributed by atoms with van der Waals surface area (Å²) in [7, 11) is 0. The van der Waals surface area contributed by atoms with Crippen LogP contribution in [0.5, 0.6) is 0 Å². The highest BCUT2D eigenvalue weighted by molar-refractivity contribution is 6.30. The van der Waals surface area contributed by atoms with Crippen molar-refractivity contribution >= 4 is 17.3 Å². The molecule has 1 heterocycles. The predicted octanol–water partition coefficient (Wildman–Crippen LogP) is 4.63. The molecule has 1 aromatic heterocycles. The van der Waals surface area contributed by atoms with E-state index in [2.05, 4.69) is 15.3 Å². The predicted molar refractivity (Wildman–Crippen MR) is 75.3 cm³/mol. The van der Waals surface area contributed by atoms with Gasteiger partial charge in [0.25, 0.3) is 0 Å². The van der Waals surface area contributed by atoms with Crippen molar-refractivity contribution in [3.63, 3.8) is 0 Å². The van der Waals surface area contributed by atoms with E-state index in [1.165, 1.54) is 24.5 Å². The topological polar surface area (TPSA) is 37.8 Å². The van der Waals surface area contributed by atoms with Crippen molar-refractivity contribution in [3.05, 3.63) is 52.6 Å². The third-order valence-electron chi connectivity index (χ3n) is 2.99. The van der Waals surface area contributed by atoms with Gasteiger partial charge in [-0.25, -0.2) is 0 Å². The third kappa shape index (κ3) is 3.64. The highest BCUT2D eigenvalue weighted by Crippen LogP contribution is 2.37. The van der Waals surface area contributed by atoms with E-state index in [1.54, 1.807) is 13.8 Å². The first-order valence-corrected chi connectivity index (χ1v) is 6.57. The summed E-state index contributed by atoms with van der Waals surface area (Å²) in [5.74, 6) is 0. The Hall–Kier alpha value is -1.82. The number of nitrogens with zero attached hydrogens (tertiary/aromatic N) is 2. The van der Waals surface area contributed by atoms with Crippen LogP contribution in [-0.2, 0) is 6.18 Å². The molecule has 0 spiro atoms. The lowest BCUT2D eigenvalue weighted by molar-refractivity contribution is -0.137. The summed E-state index contributed by atoms with van der Waals surface area (Å²) in [5.41, 5.74) is 0.424. The summed E-state index contributed by atoms with van der Waals surface area (Å²) in [4.78, 5) is 8.23. The number of rotatable bonds is 3. The van der Waals surface area contributed by atoms with Crippen LogP contribution in [0.4, 0.5) is 18.9 Å². The van der Waals surface area contributed by atoms with Crippen LogP contribution < -0.4 is 5.32 Å². The molecule has 1 aromatic carbocycles. The van der Waals surface area contributed by atoms with Crippen LogP contribution >= 0.6 is 11.6 Å². The lowest BCUT2D eigenvalue weighted by Crippen LogP contribution is -2.15. The van der Waals surface area contributed by atoms with E-state index in [-0.39, 0.29) is 10.7 Å². The van der Waals surface area contributed by atoms with Crippen LogP contribution in [0.3, 0.4) is 0 Å². The minimum Gasteiger partial charge on any atom is -0.376 e. The van der Waals surface area contributed by atoms with Crippen molar-refractivity contribution in [2.45, 2.75) is 26.1 Å². The smallest absolute Gasteiger partial charge is 0.376 e. The van der Waals surface area contributed by atoms with Gasteiger partial charge in [-0.3, -0.25) is 9.97 Å². The molecule has 0 radical (unpaired) electrons. The molecule has 0 saturated heterocycles. The summed E-state index contributed by atoms with van der Waals surface area (Å²) in [6.07, 6.45) is -1.44. The lowest BCUT2D eigenvalue weighted by atomic mass is 10.1. The van der Waals surface area contributed by atoms with E-state index in [0.717, 1.165) is 6.07 Å². The summed E-state index contributed by atoms with van der Waals surface area (Å²) in [6, 6.07) is 3.21. The molecule has 112 valence electrons. The van der Waals surface area contributed by atoms with Crippen LogP contribution in [0.25, 0.3) is 0 Å². The van der Waals surface area contributed by atoms with E-state index in [9.17, 15) is 13.2 Å². The van der Waals surface area contributed by atoms with Gasteiger partial charge in [-0.1, -0.05) is 11.6 Å². The molecule has 2 rings (SSSR count). The SMILES string of the molecule is Cc1nccnc1C(C)Nc1ccc(Cl)cc1C(F)(F)F. The van der Waals surface area contributed by atoms with Crippen LogP contribution in [0, 0.1) is 6.92 Å². The summed E-state index contributed by atoms with van der Waals surface area (Å²) in [5, 5.41) is 2.86. The molecule has 3 nitrogen and oxygen atoms in total. The fourth-order valence-corrected chi connectivity index (χ4v) is 2.19. The fraction of sp³-hybridized carbons (Fsp3) is 0.286. The Kier molecular flexibility index (Phi) is 4.37. The molecule has 1 atom stereocenters. The number of aromatic nitrogens is 2. The highest BCUT2D eigenvalue weighted by Gasteiger charge is 2.34. The summed E-state index contributed by atoms with van der Waals surface area (Å²) in [6.45, 7) is 3.48. The molecular formula is C14H13ClF3N3. The molecule has 2 aromatic rings. The van der Waals surface area contributed by atoms with Crippen LogP contribution in [0.2, 0.25) is 5.02 Å². The standard InChI is InChI=1S/C14H13ClF3N3/c1-8-13(20-6-5-19-8)9(2)21-12-4-3-10(15)7-11(12)14(16,17)18/h3-7,9,21H,1-2H3. The number of aryl methyl sites for hydroxylation is 1. The van der Waals surface area contributed by atoms with Gasteiger partial charge in [0.2, 0.25) is 0 Å². The van der Waals surface area contributed by atoms with E-state index in [1.807, 2.05) is 0 Å². The average Bonchev–Trinajstić information content (AvgIpc) is 2.40. The molecule has 0 aliphatic heterocycles. The van der Waals surface area contributed by atoms with Crippen molar-refractivity contribution in [3.8, 4) is 0 Å². The van der Waals surface area contributed by atoms with Crippen molar-refractivity contribution in [2.75, 3.05) is 5.32 Å². The first-order valence-electron chi connectivity index (χ1n) is 6.20. The Morgan fingerprint density at radius 2 is 1.86 bits per heavy atom. The zero-order chi connectivity index (χ0) is 15.6. The molecule has 1 unspecified atom stereocenters. The zero-order valence-corrected chi connectivity index (χ0v) is 12.1. The first kappa shape index (κ1) is 15.6. The van der Waals surface area contributed by atoms with E-state index in [4.69, 9.17) is 11.6 Å². The Morgan fingerprint density at radius 3 is 2.48 bits per heavy atom. The monoisotopic (exact) mass is 315 g/mol. The number of anilines is 1. The maximum absolute atomic E-state index is 13.0. The molecule has 0 amide bonds. The van der Waals surface area contributed by atoms with Crippen LogP contribution in [0.1, 0.15) is 29.9 Å². The van der Waals surface area contributed by atoms with Gasteiger partial charge in [-0.15, -0.1) is 0 Å². The van der Waals surface area contributed by atoms with E-state index in [0.29, 0.717) is 11.4 Å². The maximum atomic E-state index is 13.0. The number of hydrogen-bond donors (Lipinski definition) is 1. The van der Waals surface area contributed by atoms with Crippen LogP contribution in [0.15, 0.2) is 30.6 Å². The second kappa shape index (κ2) is 5.89. The van der Waals surface area contributed by atoms with Gasteiger partial charge >= 0.3 is 6.18 Å². The van der Waals surface area contributed by atoms with Gasteiger partial charge in [-0.2, -0.15) is 13.2 Å². The summed E-state index contributed by atoms with van der Waals surface area (Å²) < 4.78 is 39.1. The molecular weight excluding hydrogens is 303 g/mol. The lowest BCUT2D eigenvalue weighted by Gasteiger charge is -2.20. The Bertz CT molecular complexity index is 644. The van der Waals surface area contributed by atoms with Gasteiger partial charge < -0.3 is 5.32 Å². The number of hydrogen-bond acceptors (Lipinski definition) is 3. The van der Waals surface area contributed by atoms with Gasteiger partial charge in [0.1, 0.15) is 0 Å². The highest BCUT2D eigenvalue weighted by atomic mass is 35.5. The van der Waals surface area contributed by atoms with Gasteiger partial charge in [0.15, 0.2) is 0 Å². The number of alkyl halides is 3. The largest absolute Gasteiger partial charge is 0.418 e. The molecule has 0 fully saturated rings. The Balaban J connectivity index is 2.34. The second-order valence-corrected chi connectivity index (χ2v) is 5.02. The summed E-state index contributed by atoms with van der Waals surface area (Å²) >= 11 is 5.65. The Labute approximate surface area is 125 Å². The molecule has 21 heavy (non-hydrogen) atoms. The van der Waals surface area contributed by atoms with Crippen molar-refractivity contribution in [2.24, 2.45) is 0 Å². The van der Waals surface area contributed by atoms with Gasteiger partial charge in [0, 0.05) is 23.1 Å². The molecule has 0 aliphatic rings. The first-order chi connectivity index (χ1) is 9.79. The number of benzene rings is 1. The molecule has 7 heteroatoms. The normalized spacial score (nSPS) is 13.0. The number of nitrogens with one attached hydrogen (secondary N) is 1. The molecule has 1 N–H and O–H groups in total. The molecule has 0 saturated carbocycles. The van der Waals surface area contributed by atoms with Crippen molar-refractivity contribution in [1.29, 1.82) is 0 Å². The Morgan fingerprint density at radius 1 is 1.19 bits per heavy atom. The maximum Gasteiger partial charge on any atom is 0.418 e. The minimum atomic E-state index is -4.48. The molecule has 0 aliphatic carbocycles. The van der Waals surface area contributed by atoms with Crippen molar-refractivity contribution < 1.29 is 13.2 Å². The third-order valence-corrected chi connectivity index (χ3v) is 3.22. The van der Waals surface area contributed by atoms with Crippen molar-refractivity contribution in [1.82, 2.24) is 9.97 Å². The molecule has 0 bridgehead atoms. The average molecular weight is 316 g/mol. The van der Waals surface area contributed by atoms with Crippen LogP contribution in [-0.4, -0.2) is 9.97 Å². The minimum absolute atomic E-state index is 0.0375.